The summed E-state index contributed by atoms with van der Waals surface area (Å²) in [6.45, 7) is 2.18. The summed E-state index contributed by atoms with van der Waals surface area (Å²) in [5.41, 5.74) is 3.66. The van der Waals surface area contributed by atoms with E-state index in [1.165, 1.54) is 6.07 Å². The van der Waals surface area contributed by atoms with Crippen LogP contribution in [0.3, 0.4) is 0 Å². The number of carbonyl (C=O) groups excluding carboxylic acids is 1. The number of rotatable bonds is 10. The molecule has 0 aliphatic heterocycles. The second kappa shape index (κ2) is 12.9. The summed E-state index contributed by atoms with van der Waals surface area (Å²) in [5, 5.41) is 0.485. The van der Waals surface area contributed by atoms with Gasteiger partial charge in [-0.3, -0.25) is 9.78 Å². The minimum Gasteiger partial charge on any atom is -0.489 e. The Balaban J connectivity index is 1.41. The normalized spacial score (nSPS) is 11.4. The van der Waals surface area contributed by atoms with Gasteiger partial charge in [-0.25, -0.2) is 0 Å². The smallest absolute Gasteiger partial charge is 0.418 e. The molecule has 0 saturated heterocycles. The number of pyridine rings is 1. The molecule has 4 aromatic carbocycles. The lowest BCUT2D eigenvalue weighted by Crippen LogP contribution is -2.08. The average molecular weight is 570 g/mol. The highest BCUT2D eigenvalue weighted by molar-refractivity contribution is 5.86. The van der Waals surface area contributed by atoms with E-state index in [1.807, 2.05) is 73.7 Å². The molecule has 0 unspecified atom stereocenters. The zero-order valence-electron chi connectivity index (χ0n) is 23.2. The number of para-hydroxylation sites is 1. The van der Waals surface area contributed by atoms with Crippen molar-refractivity contribution in [1.29, 1.82) is 0 Å². The standard InChI is InChI=1S/C35H30F3NO3/c1-2-9-33(40)42-29-15-7-13-26(20-29)23-41-28-14-6-12-25(19-28)21-31-27(18-24-10-4-3-5-11-24)22-39-34-30(31)16-8-17-32(34)35(36,37)38/h3-8,10-17,19-20,22H,2,9,18,21,23H2,1H3. The number of alkyl halides is 3. The summed E-state index contributed by atoms with van der Waals surface area (Å²) in [7, 11) is 0. The third-order valence-corrected chi connectivity index (χ3v) is 6.91. The summed E-state index contributed by atoms with van der Waals surface area (Å²) < 4.78 is 53.0. The van der Waals surface area contributed by atoms with Crippen LogP contribution in [0.2, 0.25) is 0 Å². The summed E-state index contributed by atoms with van der Waals surface area (Å²) in [6.07, 6.45) is -0.923. The van der Waals surface area contributed by atoms with Crippen molar-refractivity contribution in [1.82, 2.24) is 4.98 Å². The zero-order chi connectivity index (χ0) is 29.5. The van der Waals surface area contributed by atoms with E-state index in [2.05, 4.69) is 4.98 Å². The molecular weight excluding hydrogens is 539 g/mol. The Hall–Kier alpha value is -4.65. The van der Waals surface area contributed by atoms with Crippen LogP contribution in [-0.4, -0.2) is 11.0 Å². The predicted molar refractivity (Wildman–Crippen MR) is 157 cm³/mol. The van der Waals surface area contributed by atoms with Crippen molar-refractivity contribution >= 4 is 16.9 Å². The summed E-state index contributed by atoms with van der Waals surface area (Å²) in [4.78, 5) is 16.1. The first-order chi connectivity index (χ1) is 20.3. The second-order valence-corrected chi connectivity index (χ2v) is 10.1. The van der Waals surface area contributed by atoms with Gasteiger partial charge in [0.2, 0.25) is 0 Å². The van der Waals surface area contributed by atoms with Gasteiger partial charge in [0.05, 0.1) is 11.1 Å². The van der Waals surface area contributed by atoms with Crippen molar-refractivity contribution in [3.8, 4) is 11.5 Å². The van der Waals surface area contributed by atoms with Crippen molar-refractivity contribution in [2.24, 2.45) is 0 Å². The van der Waals surface area contributed by atoms with Crippen LogP contribution in [0.15, 0.2) is 103 Å². The van der Waals surface area contributed by atoms with Gasteiger partial charge >= 0.3 is 12.1 Å². The number of benzene rings is 4. The van der Waals surface area contributed by atoms with Gasteiger partial charge in [-0.1, -0.05) is 73.7 Å². The number of carbonyl (C=O) groups is 1. The van der Waals surface area contributed by atoms with E-state index in [9.17, 15) is 18.0 Å². The van der Waals surface area contributed by atoms with Crippen LogP contribution in [0, 0.1) is 0 Å². The second-order valence-electron chi connectivity index (χ2n) is 10.1. The third-order valence-electron chi connectivity index (χ3n) is 6.91. The number of halogens is 3. The quantitative estimate of drug-likeness (QED) is 0.125. The van der Waals surface area contributed by atoms with Crippen LogP contribution in [0.4, 0.5) is 13.2 Å². The Morgan fingerprint density at radius 3 is 2.24 bits per heavy atom. The van der Waals surface area contributed by atoms with Crippen LogP contribution >= 0.6 is 0 Å². The summed E-state index contributed by atoms with van der Waals surface area (Å²) >= 11 is 0. The van der Waals surface area contributed by atoms with Crippen LogP contribution in [0.25, 0.3) is 10.9 Å². The largest absolute Gasteiger partial charge is 0.489 e. The molecule has 0 spiro atoms. The van der Waals surface area contributed by atoms with Crippen molar-refractivity contribution in [3.05, 3.63) is 137 Å². The number of aromatic nitrogens is 1. The summed E-state index contributed by atoms with van der Waals surface area (Å²) in [6, 6.07) is 28.8. The first-order valence-electron chi connectivity index (χ1n) is 13.8. The van der Waals surface area contributed by atoms with Crippen molar-refractivity contribution in [2.45, 2.75) is 45.4 Å². The van der Waals surface area contributed by atoms with E-state index in [-0.39, 0.29) is 18.1 Å². The van der Waals surface area contributed by atoms with E-state index in [0.717, 1.165) is 33.9 Å². The molecule has 0 fully saturated rings. The van der Waals surface area contributed by atoms with Gasteiger partial charge in [-0.15, -0.1) is 0 Å². The van der Waals surface area contributed by atoms with Crippen molar-refractivity contribution in [3.63, 3.8) is 0 Å². The fraction of sp³-hybridized carbons (Fsp3) is 0.200. The highest BCUT2D eigenvalue weighted by atomic mass is 19.4. The predicted octanol–water partition coefficient (Wildman–Crippen LogP) is 8.72. The molecule has 0 aliphatic carbocycles. The third kappa shape index (κ3) is 7.16. The first-order valence-corrected chi connectivity index (χ1v) is 13.8. The average Bonchev–Trinajstić information content (AvgIpc) is 2.97. The van der Waals surface area contributed by atoms with Gasteiger partial charge in [0.15, 0.2) is 0 Å². The van der Waals surface area contributed by atoms with Gasteiger partial charge in [-0.05, 0) is 77.4 Å². The molecule has 5 rings (SSSR count). The molecule has 7 heteroatoms. The lowest BCUT2D eigenvalue weighted by molar-refractivity contribution is -0.136. The van der Waals surface area contributed by atoms with Crippen LogP contribution in [-0.2, 0) is 30.4 Å². The molecular formula is C35H30F3NO3. The molecule has 0 bridgehead atoms. The van der Waals surface area contributed by atoms with Crippen LogP contribution in [0.5, 0.6) is 11.5 Å². The number of fused-ring (bicyclic) bond motifs is 1. The van der Waals surface area contributed by atoms with Crippen LogP contribution in [0.1, 0.15) is 53.1 Å². The molecule has 4 nitrogen and oxygen atoms in total. The van der Waals surface area contributed by atoms with E-state index >= 15 is 0 Å². The molecule has 0 saturated carbocycles. The molecule has 214 valence electrons. The SMILES string of the molecule is CCCC(=O)Oc1cccc(COc2cccc(Cc3c(Cc4ccccc4)cnc4c(C(F)(F)F)cccc34)c2)c1. The fourth-order valence-corrected chi connectivity index (χ4v) is 4.93. The number of ether oxygens (including phenoxy) is 2. The van der Waals surface area contributed by atoms with Gasteiger partial charge in [0.25, 0.3) is 0 Å². The van der Waals surface area contributed by atoms with E-state index in [0.29, 0.717) is 42.6 Å². The lowest BCUT2D eigenvalue weighted by atomic mass is 9.92. The Kier molecular flexibility index (Phi) is 8.86. The minimum atomic E-state index is -4.51. The Morgan fingerprint density at radius 2 is 1.48 bits per heavy atom. The molecule has 0 amide bonds. The Morgan fingerprint density at radius 1 is 0.786 bits per heavy atom. The monoisotopic (exact) mass is 569 g/mol. The van der Waals surface area contributed by atoms with Gasteiger partial charge in [0.1, 0.15) is 18.1 Å². The van der Waals surface area contributed by atoms with Gasteiger partial charge in [-0.2, -0.15) is 13.2 Å². The fourth-order valence-electron chi connectivity index (χ4n) is 4.93. The van der Waals surface area contributed by atoms with Gasteiger partial charge < -0.3 is 9.47 Å². The maximum Gasteiger partial charge on any atom is 0.418 e. The number of esters is 1. The molecule has 1 aromatic heterocycles. The highest BCUT2D eigenvalue weighted by Crippen LogP contribution is 2.36. The highest BCUT2D eigenvalue weighted by Gasteiger charge is 2.33. The number of hydrogen-bond acceptors (Lipinski definition) is 4. The lowest BCUT2D eigenvalue weighted by Gasteiger charge is -2.17. The van der Waals surface area contributed by atoms with Crippen LogP contribution < -0.4 is 9.47 Å². The van der Waals surface area contributed by atoms with Crippen molar-refractivity contribution in [2.75, 3.05) is 0 Å². The molecule has 42 heavy (non-hydrogen) atoms. The van der Waals surface area contributed by atoms with Gasteiger partial charge in [0, 0.05) is 18.0 Å². The first kappa shape index (κ1) is 28.9. The molecule has 0 radical (unpaired) electrons. The topological polar surface area (TPSA) is 48.4 Å². The van der Waals surface area contributed by atoms with Crippen molar-refractivity contribution < 1.29 is 27.4 Å². The van der Waals surface area contributed by atoms with E-state index in [4.69, 9.17) is 9.47 Å². The minimum absolute atomic E-state index is 0.0521. The Bertz CT molecular complexity index is 1680. The molecule has 0 N–H and O–H groups in total. The molecule has 5 aromatic rings. The maximum atomic E-state index is 13.8. The van der Waals surface area contributed by atoms with E-state index < -0.39 is 11.7 Å². The molecule has 1 heterocycles. The summed E-state index contributed by atoms with van der Waals surface area (Å²) in [5.74, 6) is 0.817. The van der Waals surface area contributed by atoms with E-state index in [1.54, 1.807) is 24.4 Å². The Labute approximate surface area is 242 Å². The maximum absolute atomic E-state index is 13.8. The number of nitrogens with zero attached hydrogens (tertiary/aromatic N) is 1. The zero-order valence-corrected chi connectivity index (χ0v) is 23.2. The molecule has 0 atom stereocenters. The molecule has 0 aliphatic rings. The number of hydrogen-bond donors (Lipinski definition) is 0.